The van der Waals surface area contributed by atoms with Crippen molar-refractivity contribution in [1.82, 2.24) is 19.8 Å². The number of carbonyl (C=O) groups excluding carboxylic acids is 1. The molecule has 0 spiro atoms. The Morgan fingerprint density at radius 3 is 2.40 bits per heavy atom. The predicted octanol–water partition coefficient (Wildman–Crippen LogP) is 5.99. The van der Waals surface area contributed by atoms with E-state index >= 15 is 0 Å². The van der Waals surface area contributed by atoms with Crippen molar-refractivity contribution in [2.24, 2.45) is 0 Å². The molecule has 0 atom stereocenters. The van der Waals surface area contributed by atoms with E-state index in [1.54, 1.807) is 12.1 Å². The standard InChI is InChI=1S/C33H38FN7O2/c1-23-9-7-10-24(2)30(23)38-32(42)27-22-35-33(39-31(27)36-25-11-5-4-6-12-25)37-26-13-14-29(28(34)21-26)43-20-8-15-41-18-16-40(3)17-19-41/h4-7,9-14,21-22H,8,15-20H2,1-3H3,(H,38,42)(H2,35,36,37,39). The molecule has 0 unspecified atom stereocenters. The molecule has 43 heavy (non-hydrogen) atoms. The maximum Gasteiger partial charge on any atom is 0.261 e. The van der Waals surface area contributed by atoms with Crippen LogP contribution in [0.3, 0.4) is 0 Å². The Morgan fingerprint density at radius 2 is 1.67 bits per heavy atom. The lowest BCUT2D eigenvalue weighted by Crippen LogP contribution is -2.44. The molecule has 1 fully saturated rings. The van der Waals surface area contributed by atoms with E-state index in [9.17, 15) is 9.18 Å². The molecule has 0 radical (unpaired) electrons. The molecule has 1 amide bonds. The largest absolute Gasteiger partial charge is 0.490 e. The highest BCUT2D eigenvalue weighted by molar-refractivity contribution is 6.08. The second-order valence-corrected chi connectivity index (χ2v) is 10.8. The second-order valence-electron chi connectivity index (χ2n) is 10.8. The topological polar surface area (TPSA) is 94.6 Å². The number of amides is 1. The number of anilines is 5. The first-order valence-electron chi connectivity index (χ1n) is 14.5. The minimum absolute atomic E-state index is 0.204. The van der Waals surface area contributed by atoms with Gasteiger partial charge in [-0.15, -0.1) is 0 Å². The van der Waals surface area contributed by atoms with Crippen LogP contribution in [0.15, 0.2) is 72.9 Å². The normalized spacial score (nSPS) is 13.9. The van der Waals surface area contributed by atoms with Crippen LogP contribution >= 0.6 is 0 Å². The third-order valence-electron chi connectivity index (χ3n) is 7.45. The minimum atomic E-state index is -0.475. The SMILES string of the molecule is Cc1cccc(C)c1NC(=O)c1cnc(Nc2ccc(OCCCN3CCN(C)CC3)c(F)c2)nc1Nc1ccccc1. The van der Waals surface area contributed by atoms with Gasteiger partial charge in [0.2, 0.25) is 5.95 Å². The van der Waals surface area contributed by atoms with E-state index in [0.717, 1.165) is 61.6 Å². The van der Waals surface area contributed by atoms with Gasteiger partial charge in [0.25, 0.3) is 5.91 Å². The van der Waals surface area contributed by atoms with E-state index < -0.39 is 5.82 Å². The summed E-state index contributed by atoms with van der Waals surface area (Å²) in [6.07, 6.45) is 2.29. The van der Waals surface area contributed by atoms with Gasteiger partial charge in [-0.2, -0.15) is 4.98 Å². The van der Waals surface area contributed by atoms with Crippen LogP contribution in [0.2, 0.25) is 0 Å². The smallest absolute Gasteiger partial charge is 0.261 e. The monoisotopic (exact) mass is 583 g/mol. The van der Waals surface area contributed by atoms with E-state index in [2.05, 4.69) is 42.8 Å². The molecule has 1 aliphatic rings. The molecule has 1 saturated heterocycles. The Kier molecular flexibility index (Phi) is 9.81. The van der Waals surface area contributed by atoms with Crippen LogP contribution in [0.4, 0.5) is 33.2 Å². The summed E-state index contributed by atoms with van der Waals surface area (Å²) < 4.78 is 20.6. The van der Waals surface area contributed by atoms with Gasteiger partial charge in [0.05, 0.1) is 6.61 Å². The van der Waals surface area contributed by atoms with Crippen molar-refractivity contribution in [2.75, 3.05) is 62.3 Å². The molecule has 0 bridgehead atoms. The number of hydrogen-bond acceptors (Lipinski definition) is 8. The summed E-state index contributed by atoms with van der Waals surface area (Å²) in [5.41, 5.74) is 4.14. The van der Waals surface area contributed by atoms with Gasteiger partial charge >= 0.3 is 0 Å². The van der Waals surface area contributed by atoms with Crippen LogP contribution < -0.4 is 20.7 Å². The van der Waals surface area contributed by atoms with Crippen molar-refractivity contribution >= 4 is 34.7 Å². The summed E-state index contributed by atoms with van der Waals surface area (Å²) in [7, 11) is 2.14. The Hall–Kier alpha value is -4.54. The number of piperazine rings is 1. The van der Waals surface area contributed by atoms with E-state index in [4.69, 9.17) is 4.74 Å². The van der Waals surface area contributed by atoms with Crippen molar-refractivity contribution < 1.29 is 13.9 Å². The van der Waals surface area contributed by atoms with Crippen molar-refractivity contribution in [3.05, 3.63) is 95.4 Å². The molecule has 1 aromatic heterocycles. The van der Waals surface area contributed by atoms with Crippen molar-refractivity contribution in [3.8, 4) is 5.75 Å². The Labute approximate surface area is 252 Å². The first kappa shape index (κ1) is 29.9. The first-order chi connectivity index (χ1) is 20.9. The van der Waals surface area contributed by atoms with Crippen molar-refractivity contribution in [2.45, 2.75) is 20.3 Å². The van der Waals surface area contributed by atoms with Gasteiger partial charge in [0.15, 0.2) is 11.6 Å². The van der Waals surface area contributed by atoms with Crippen LogP contribution in [0, 0.1) is 19.7 Å². The lowest BCUT2D eigenvalue weighted by molar-refractivity contribution is 0.102. The Morgan fingerprint density at radius 1 is 0.930 bits per heavy atom. The van der Waals surface area contributed by atoms with Crippen molar-refractivity contribution in [3.63, 3.8) is 0 Å². The van der Waals surface area contributed by atoms with Crippen LogP contribution in [-0.2, 0) is 0 Å². The molecule has 2 heterocycles. The second kappa shape index (κ2) is 14.1. The molecule has 9 nitrogen and oxygen atoms in total. The fraction of sp³-hybridized carbons (Fsp3) is 0.303. The average molecular weight is 584 g/mol. The highest BCUT2D eigenvalue weighted by atomic mass is 19.1. The molecule has 0 saturated carbocycles. The molecule has 0 aliphatic carbocycles. The summed E-state index contributed by atoms with van der Waals surface area (Å²) in [4.78, 5) is 27.0. The third kappa shape index (κ3) is 8.06. The number of nitrogens with zero attached hydrogens (tertiary/aromatic N) is 4. The van der Waals surface area contributed by atoms with Crippen LogP contribution in [0.25, 0.3) is 0 Å². The number of hydrogen-bond donors (Lipinski definition) is 3. The van der Waals surface area contributed by atoms with Crippen molar-refractivity contribution in [1.29, 1.82) is 0 Å². The predicted molar refractivity (Wildman–Crippen MR) is 169 cm³/mol. The maximum absolute atomic E-state index is 14.9. The van der Waals surface area contributed by atoms with Gasteiger partial charge in [0, 0.05) is 62.0 Å². The van der Waals surface area contributed by atoms with Gasteiger partial charge < -0.3 is 30.5 Å². The van der Waals surface area contributed by atoms with Gasteiger partial charge in [-0.25, -0.2) is 9.37 Å². The van der Waals surface area contributed by atoms with E-state index in [1.807, 2.05) is 62.4 Å². The van der Waals surface area contributed by atoms with Gasteiger partial charge in [-0.05, 0) is 62.7 Å². The lowest BCUT2D eigenvalue weighted by atomic mass is 10.1. The molecule has 3 N–H and O–H groups in total. The van der Waals surface area contributed by atoms with Gasteiger partial charge in [0.1, 0.15) is 11.4 Å². The lowest BCUT2D eigenvalue weighted by Gasteiger charge is -2.32. The molecule has 5 rings (SSSR count). The zero-order valence-corrected chi connectivity index (χ0v) is 24.9. The molecule has 1 aliphatic heterocycles. The fourth-order valence-corrected chi connectivity index (χ4v) is 4.92. The number of benzene rings is 3. The van der Waals surface area contributed by atoms with Gasteiger partial charge in [-0.3, -0.25) is 4.79 Å². The summed E-state index contributed by atoms with van der Waals surface area (Å²) >= 11 is 0. The quantitative estimate of drug-likeness (QED) is 0.186. The summed E-state index contributed by atoms with van der Waals surface area (Å²) in [5.74, 6) is -0.0929. The fourth-order valence-electron chi connectivity index (χ4n) is 4.92. The highest BCUT2D eigenvalue weighted by Crippen LogP contribution is 2.27. The molecule has 10 heteroatoms. The number of likely N-dealkylation sites (N-methyl/N-ethyl adjacent to an activating group) is 1. The minimum Gasteiger partial charge on any atom is -0.490 e. The summed E-state index contributed by atoms with van der Waals surface area (Å²) in [6.45, 7) is 9.50. The number of aryl methyl sites for hydroxylation is 2. The van der Waals surface area contributed by atoms with E-state index in [1.165, 1.54) is 12.3 Å². The zero-order valence-electron chi connectivity index (χ0n) is 24.9. The Balaban J connectivity index is 1.26. The number of halogens is 1. The van der Waals surface area contributed by atoms with Crippen LogP contribution in [0.5, 0.6) is 5.75 Å². The first-order valence-corrected chi connectivity index (χ1v) is 14.5. The van der Waals surface area contributed by atoms with Crippen LogP contribution in [0.1, 0.15) is 27.9 Å². The number of para-hydroxylation sites is 2. The molecule has 4 aromatic rings. The number of ether oxygens (including phenoxy) is 1. The Bertz CT molecular complexity index is 1520. The average Bonchev–Trinajstić information content (AvgIpc) is 3.00. The molecular formula is C33H38FN7O2. The highest BCUT2D eigenvalue weighted by Gasteiger charge is 2.18. The van der Waals surface area contributed by atoms with E-state index in [0.29, 0.717) is 18.1 Å². The molecule has 224 valence electrons. The maximum atomic E-state index is 14.9. The number of rotatable bonds is 11. The third-order valence-corrected chi connectivity index (χ3v) is 7.45. The molecule has 3 aromatic carbocycles. The summed E-state index contributed by atoms with van der Waals surface area (Å²) in [5, 5.41) is 9.26. The number of aromatic nitrogens is 2. The zero-order chi connectivity index (χ0) is 30.2. The number of nitrogens with one attached hydrogen (secondary N) is 3. The van der Waals surface area contributed by atoms with Gasteiger partial charge in [-0.1, -0.05) is 36.4 Å². The van der Waals surface area contributed by atoms with E-state index in [-0.39, 0.29) is 23.2 Å². The number of carbonyl (C=O) groups is 1. The molecular weight excluding hydrogens is 545 g/mol. The summed E-state index contributed by atoms with van der Waals surface area (Å²) in [6, 6.07) is 19.9. The van der Waals surface area contributed by atoms with Crippen LogP contribution in [-0.4, -0.2) is 72.1 Å².